The lowest BCUT2D eigenvalue weighted by molar-refractivity contribution is 0.0688. The molecule has 0 atom stereocenters. The zero-order valence-electron chi connectivity index (χ0n) is 6.93. The highest BCUT2D eigenvalue weighted by atomic mass is 16.4. The Kier molecular flexibility index (Phi) is 1.51. The highest BCUT2D eigenvalue weighted by molar-refractivity contribution is 6.00. The first-order valence-electron chi connectivity index (χ1n) is 3.68. The Hall–Kier alpha value is -1.91. The van der Waals surface area contributed by atoms with Crippen LogP contribution in [0.15, 0.2) is 18.7 Å². The quantitative estimate of drug-likeness (QED) is 0.695. The molecule has 5 nitrogen and oxygen atoms in total. The molecule has 2 aromatic rings. The third-order valence-electron chi connectivity index (χ3n) is 1.85. The zero-order valence-corrected chi connectivity index (χ0v) is 6.93. The molecule has 2 rings (SSSR count). The van der Waals surface area contributed by atoms with Crippen LogP contribution in [0.4, 0.5) is 0 Å². The largest absolute Gasteiger partial charge is 0.477 e. The van der Waals surface area contributed by atoms with Crippen molar-refractivity contribution in [3.05, 3.63) is 24.4 Å². The van der Waals surface area contributed by atoms with E-state index in [1.807, 2.05) is 0 Å². The van der Waals surface area contributed by atoms with Gasteiger partial charge in [0, 0.05) is 24.8 Å². The van der Waals surface area contributed by atoms with Crippen LogP contribution in [-0.4, -0.2) is 25.6 Å². The number of rotatable bonds is 1. The molecule has 0 aliphatic heterocycles. The van der Waals surface area contributed by atoms with E-state index in [2.05, 4.69) is 9.97 Å². The van der Waals surface area contributed by atoms with Crippen LogP contribution in [0.3, 0.4) is 0 Å². The first-order chi connectivity index (χ1) is 6.20. The van der Waals surface area contributed by atoms with Gasteiger partial charge in [-0.05, 0) is 0 Å². The van der Waals surface area contributed by atoms with Crippen molar-refractivity contribution in [3.63, 3.8) is 0 Å². The number of fused-ring (bicyclic) bond motifs is 1. The summed E-state index contributed by atoms with van der Waals surface area (Å²) in [6.07, 6.45) is 4.63. The first kappa shape index (κ1) is 7.72. The molecule has 0 amide bonds. The van der Waals surface area contributed by atoms with Crippen LogP contribution < -0.4 is 0 Å². The second kappa shape index (κ2) is 2.55. The van der Waals surface area contributed by atoms with E-state index in [9.17, 15) is 4.79 Å². The number of hydrogen-bond donors (Lipinski definition) is 1. The molecule has 0 aliphatic carbocycles. The van der Waals surface area contributed by atoms with Crippen LogP contribution in [-0.2, 0) is 7.05 Å². The Balaban J connectivity index is 2.86. The smallest absolute Gasteiger partial charge is 0.354 e. The van der Waals surface area contributed by atoms with Gasteiger partial charge < -0.3 is 9.67 Å². The summed E-state index contributed by atoms with van der Waals surface area (Å²) in [4.78, 5) is 18.5. The molecule has 5 heteroatoms. The Morgan fingerprint density at radius 3 is 3.08 bits per heavy atom. The standard InChI is InChI=1S/C8H7N3O2/c1-11-3-5-2-9-4-10-6(5)7(11)8(12)13/h2-4H,1H3,(H,12,13). The van der Waals surface area contributed by atoms with Gasteiger partial charge in [-0.1, -0.05) is 0 Å². The maximum atomic E-state index is 10.8. The minimum absolute atomic E-state index is 0.192. The van der Waals surface area contributed by atoms with Crippen molar-refractivity contribution in [2.24, 2.45) is 7.05 Å². The Labute approximate surface area is 73.7 Å². The second-order valence-electron chi connectivity index (χ2n) is 2.72. The highest BCUT2D eigenvalue weighted by Gasteiger charge is 2.14. The van der Waals surface area contributed by atoms with E-state index in [-0.39, 0.29) is 5.69 Å². The monoisotopic (exact) mass is 177 g/mol. The second-order valence-corrected chi connectivity index (χ2v) is 2.72. The number of hydrogen-bond acceptors (Lipinski definition) is 3. The summed E-state index contributed by atoms with van der Waals surface area (Å²) in [7, 11) is 1.67. The summed E-state index contributed by atoms with van der Waals surface area (Å²) in [6, 6.07) is 0. The fourth-order valence-electron chi connectivity index (χ4n) is 1.33. The molecule has 2 aromatic heterocycles. The molecule has 0 bridgehead atoms. The van der Waals surface area contributed by atoms with Crippen LogP contribution in [0.2, 0.25) is 0 Å². The Morgan fingerprint density at radius 2 is 2.38 bits per heavy atom. The van der Waals surface area contributed by atoms with Crippen molar-refractivity contribution in [1.82, 2.24) is 14.5 Å². The van der Waals surface area contributed by atoms with Crippen molar-refractivity contribution in [2.45, 2.75) is 0 Å². The molecule has 0 saturated carbocycles. The van der Waals surface area contributed by atoms with Crippen LogP contribution in [0.5, 0.6) is 0 Å². The van der Waals surface area contributed by atoms with Crippen LogP contribution in [0.25, 0.3) is 10.9 Å². The van der Waals surface area contributed by atoms with Crippen molar-refractivity contribution < 1.29 is 9.90 Å². The maximum absolute atomic E-state index is 10.8. The number of aryl methyl sites for hydroxylation is 1. The third-order valence-corrected chi connectivity index (χ3v) is 1.85. The lowest BCUT2D eigenvalue weighted by Crippen LogP contribution is -2.04. The number of nitrogens with zero attached hydrogens (tertiary/aromatic N) is 3. The minimum Gasteiger partial charge on any atom is -0.477 e. The van der Waals surface area contributed by atoms with E-state index in [0.717, 1.165) is 5.39 Å². The van der Waals surface area contributed by atoms with Gasteiger partial charge in [0.05, 0.1) is 0 Å². The predicted octanol–water partition coefficient (Wildman–Crippen LogP) is 0.666. The molecule has 0 fully saturated rings. The van der Waals surface area contributed by atoms with E-state index in [0.29, 0.717) is 5.52 Å². The maximum Gasteiger partial charge on any atom is 0.354 e. The van der Waals surface area contributed by atoms with Crippen molar-refractivity contribution in [3.8, 4) is 0 Å². The van der Waals surface area contributed by atoms with Crippen LogP contribution in [0, 0.1) is 0 Å². The van der Waals surface area contributed by atoms with Gasteiger partial charge in [-0.25, -0.2) is 14.8 Å². The highest BCUT2D eigenvalue weighted by Crippen LogP contribution is 2.16. The van der Waals surface area contributed by atoms with Crippen molar-refractivity contribution >= 4 is 16.9 Å². The summed E-state index contributed by atoms with van der Waals surface area (Å²) >= 11 is 0. The summed E-state index contributed by atoms with van der Waals surface area (Å²) in [5.74, 6) is -0.976. The molecule has 0 spiro atoms. The molecule has 2 heterocycles. The Morgan fingerprint density at radius 1 is 1.62 bits per heavy atom. The number of aromatic carboxylic acids is 1. The van der Waals surface area contributed by atoms with E-state index < -0.39 is 5.97 Å². The molecule has 0 saturated heterocycles. The fourth-order valence-corrected chi connectivity index (χ4v) is 1.33. The molecule has 0 unspecified atom stereocenters. The summed E-state index contributed by atoms with van der Waals surface area (Å²) in [5.41, 5.74) is 0.669. The molecule has 13 heavy (non-hydrogen) atoms. The molecule has 1 N–H and O–H groups in total. The summed E-state index contributed by atoms with van der Waals surface area (Å²) in [6.45, 7) is 0. The van der Waals surface area contributed by atoms with Gasteiger partial charge in [-0.15, -0.1) is 0 Å². The van der Waals surface area contributed by atoms with Crippen molar-refractivity contribution in [1.29, 1.82) is 0 Å². The zero-order chi connectivity index (χ0) is 9.42. The molecular weight excluding hydrogens is 170 g/mol. The SMILES string of the molecule is Cn1cc2cncnc2c1C(=O)O. The van der Waals surface area contributed by atoms with Gasteiger partial charge in [0.15, 0.2) is 5.69 Å². The first-order valence-corrected chi connectivity index (χ1v) is 3.68. The molecule has 0 radical (unpaired) electrons. The molecule has 66 valence electrons. The van der Waals surface area contributed by atoms with Crippen LogP contribution in [0.1, 0.15) is 10.5 Å². The number of carboxylic acid groups (broad SMARTS) is 1. The van der Waals surface area contributed by atoms with E-state index in [1.165, 1.54) is 10.9 Å². The van der Waals surface area contributed by atoms with E-state index >= 15 is 0 Å². The molecule has 0 aromatic carbocycles. The lowest BCUT2D eigenvalue weighted by atomic mass is 10.3. The van der Waals surface area contributed by atoms with Crippen LogP contribution >= 0.6 is 0 Å². The summed E-state index contributed by atoms with van der Waals surface area (Å²) < 4.78 is 1.53. The normalized spacial score (nSPS) is 10.5. The van der Waals surface area contributed by atoms with Crippen molar-refractivity contribution in [2.75, 3.05) is 0 Å². The third kappa shape index (κ3) is 1.05. The number of aromatic nitrogens is 3. The predicted molar refractivity (Wildman–Crippen MR) is 45.5 cm³/mol. The fraction of sp³-hybridized carbons (Fsp3) is 0.125. The lowest BCUT2D eigenvalue weighted by Gasteiger charge is -1.94. The average Bonchev–Trinajstić information content (AvgIpc) is 2.39. The summed E-state index contributed by atoms with van der Waals surface area (Å²) in [5, 5.41) is 9.61. The van der Waals surface area contributed by atoms with E-state index in [4.69, 9.17) is 5.11 Å². The van der Waals surface area contributed by atoms with Gasteiger partial charge in [-0.2, -0.15) is 0 Å². The average molecular weight is 177 g/mol. The minimum atomic E-state index is -0.976. The van der Waals surface area contributed by atoms with Gasteiger partial charge in [0.25, 0.3) is 0 Å². The number of carboxylic acids is 1. The molecule has 0 aliphatic rings. The van der Waals surface area contributed by atoms with Gasteiger partial charge >= 0.3 is 5.97 Å². The van der Waals surface area contributed by atoms with Gasteiger partial charge in [0.1, 0.15) is 11.8 Å². The van der Waals surface area contributed by atoms with Gasteiger partial charge in [-0.3, -0.25) is 0 Å². The molecular formula is C8H7N3O2. The van der Waals surface area contributed by atoms with Gasteiger partial charge in [0.2, 0.25) is 0 Å². The Bertz CT molecular complexity index is 475. The topological polar surface area (TPSA) is 68.0 Å². The number of carbonyl (C=O) groups is 1. The van der Waals surface area contributed by atoms with E-state index in [1.54, 1.807) is 19.4 Å².